The van der Waals surface area contributed by atoms with Crippen molar-refractivity contribution in [1.82, 2.24) is 10.6 Å². The Kier molecular flexibility index (Phi) is 4.61. The molecule has 0 saturated carbocycles. The van der Waals surface area contributed by atoms with Gasteiger partial charge in [0.05, 0.1) is 25.3 Å². The molecule has 2 amide bonds. The standard InChI is InChI=1S/C21H18N2O4/c24-19(22-12-14-6-5-11-26-14)13-23-21(25)20-15-7-1-3-9-17(15)27-18-10-4-2-8-16(18)20/h1-11,20H,12-13H2,(H,22,24)(H,23,25). The summed E-state index contributed by atoms with van der Waals surface area (Å²) < 4.78 is 11.1. The van der Waals surface area contributed by atoms with E-state index >= 15 is 0 Å². The summed E-state index contributed by atoms with van der Waals surface area (Å²) in [5, 5.41) is 5.44. The second-order valence-electron chi connectivity index (χ2n) is 6.18. The molecule has 0 aliphatic carbocycles. The summed E-state index contributed by atoms with van der Waals surface area (Å²) in [6, 6.07) is 18.4. The summed E-state index contributed by atoms with van der Waals surface area (Å²) in [7, 11) is 0. The smallest absolute Gasteiger partial charge is 0.239 e. The summed E-state index contributed by atoms with van der Waals surface area (Å²) in [4.78, 5) is 24.9. The molecule has 6 heteroatoms. The largest absolute Gasteiger partial charge is 0.467 e. The average molecular weight is 362 g/mol. The molecule has 2 N–H and O–H groups in total. The van der Waals surface area contributed by atoms with Crippen molar-refractivity contribution in [1.29, 1.82) is 0 Å². The van der Waals surface area contributed by atoms with Gasteiger partial charge in [-0.1, -0.05) is 36.4 Å². The normalized spacial score (nSPS) is 12.4. The van der Waals surface area contributed by atoms with E-state index in [1.807, 2.05) is 48.5 Å². The molecule has 1 aliphatic rings. The Balaban J connectivity index is 1.46. The number of nitrogens with one attached hydrogen (secondary N) is 2. The molecule has 2 heterocycles. The Morgan fingerprint density at radius 3 is 2.15 bits per heavy atom. The topological polar surface area (TPSA) is 80.6 Å². The highest BCUT2D eigenvalue weighted by atomic mass is 16.5. The van der Waals surface area contributed by atoms with Crippen molar-refractivity contribution in [2.24, 2.45) is 0 Å². The quantitative estimate of drug-likeness (QED) is 0.731. The number of benzene rings is 2. The lowest BCUT2D eigenvalue weighted by Gasteiger charge is -2.27. The van der Waals surface area contributed by atoms with E-state index in [-0.39, 0.29) is 24.9 Å². The first-order chi connectivity index (χ1) is 13.2. The number of hydrogen-bond acceptors (Lipinski definition) is 4. The van der Waals surface area contributed by atoms with E-state index in [0.717, 1.165) is 11.1 Å². The molecule has 1 aliphatic heterocycles. The zero-order valence-corrected chi connectivity index (χ0v) is 14.5. The molecule has 2 aromatic carbocycles. The average Bonchev–Trinajstić information content (AvgIpc) is 3.22. The van der Waals surface area contributed by atoms with Gasteiger partial charge >= 0.3 is 0 Å². The SMILES string of the molecule is O=C(CNC(=O)C1c2ccccc2Oc2ccccc21)NCc1ccco1. The lowest BCUT2D eigenvalue weighted by molar-refractivity contribution is -0.126. The Bertz CT molecular complexity index is 920. The highest BCUT2D eigenvalue weighted by Crippen LogP contribution is 2.43. The minimum Gasteiger partial charge on any atom is -0.467 e. The van der Waals surface area contributed by atoms with E-state index in [1.165, 1.54) is 0 Å². The van der Waals surface area contributed by atoms with E-state index in [2.05, 4.69) is 10.6 Å². The first-order valence-corrected chi connectivity index (χ1v) is 8.65. The van der Waals surface area contributed by atoms with Crippen LogP contribution in [0.1, 0.15) is 22.8 Å². The number of furan rings is 1. The van der Waals surface area contributed by atoms with Crippen molar-refractivity contribution >= 4 is 11.8 Å². The molecular weight excluding hydrogens is 344 g/mol. The number of hydrogen-bond donors (Lipinski definition) is 2. The molecule has 3 aromatic rings. The molecule has 0 atom stereocenters. The number of fused-ring (bicyclic) bond motifs is 2. The van der Waals surface area contributed by atoms with Gasteiger partial charge in [0, 0.05) is 11.1 Å². The van der Waals surface area contributed by atoms with Crippen LogP contribution in [-0.4, -0.2) is 18.4 Å². The van der Waals surface area contributed by atoms with E-state index in [1.54, 1.807) is 18.4 Å². The molecule has 4 rings (SSSR count). The van der Waals surface area contributed by atoms with Gasteiger partial charge in [-0.25, -0.2) is 0 Å². The van der Waals surface area contributed by atoms with Gasteiger partial charge in [-0.15, -0.1) is 0 Å². The van der Waals surface area contributed by atoms with E-state index in [9.17, 15) is 9.59 Å². The van der Waals surface area contributed by atoms with Crippen molar-refractivity contribution in [2.75, 3.05) is 6.54 Å². The third kappa shape index (κ3) is 3.55. The molecule has 0 saturated heterocycles. The summed E-state index contributed by atoms with van der Waals surface area (Å²) in [5.74, 6) is 0.906. The number of carbonyl (C=O) groups is 2. The van der Waals surface area contributed by atoms with Crippen LogP contribution in [0.15, 0.2) is 71.3 Å². The Morgan fingerprint density at radius 1 is 0.852 bits per heavy atom. The van der Waals surface area contributed by atoms with Gasteiger partial charge in [-0.05, 0) is 24.3 Å². The first kappa shape index (κ1) is 16.9. The third-order valence-electron chi connectivity index (χ3n) is 4.41. The number of para-hydroxylation sites is 2. The lowest BCUT2D eigenvalue weighted by atomic mass is 9.87. The third-order valence-corrected chi connectivity index (χ3v) is 4.41. The maximum atomic E-state index is 12.9. The number of carbonyl (C=O) groups excluding carboxylic acids is 2. The minimum atomic E-state index is -0.524. The molecule has 136 valence electrons. The minimum absolute atomic E-state index is 0.110. The fourth-order valence-electron chi connectivity index (χ4n) is 3.12. The van der Waals surface area contributed by atoms with E-state index < -0.39 is 5.92 Å². The maximum Gasteiger partial charge on any atom is 0.239 e. The number of amides is 2. The van der Waals surface area contributed by atoms with Crippen LogP contribution in [0.5, 0.6) is 11.5 Å². The zero-order valence-electron chi connectivity index (χ0n) is 14.5. The molecule has 0 unspecified atom stereocenters. The van der Waals surface area contributed by atoms with Crippen LogP contribution >= 0.6 is 0 Å². The van der Waals surface area contributed by atoms with Crippen LogP contribution in [0.25, 0.3) is 0 Å². The second-order valence-corrected chi connectivity index (χ2v) is 6.18. The summed E-state index contributed by atoms with van der Waals surface area (Å²) in [6.07, 6.45) is 1.54. The Labute approximate surface area is 156 Å². The second kappa shape index (κ2) is 7.37. The number of ether oxygens (including phenoxy) is 1. The van der Waals surface area contributed by atoms with Crippen LogP contribution in [0.2, 0.25) is 0 Å². The monoisotopic (exact) mass is 362 g/mol. The van der Waals surface area contributed by atoms with Gasteiger partial charge < -0.3 is 19.8 Å². The molecule has 0 radical (unpaired) electrons. The van der Waals surface area contributed by atoms with Gasteiger partial charge in [0.1, 0.15) is 17.3 Å². The highest BCUT2D eigenvalue weighted by Gasteiger charge is 2.32. The van der Waals surface area contributed by atoms with Crippen molar-refractivity contribution in [2.45, 2.75) is 12.5 Å². The number of rotatable bonds is 5. The van der Waals surface area contributed by atoms with Crippen molar-refractivity contribution in [3.63, 3.8) is 0 Å². The molecule has 0 spiro atoms. The van der Waals surface area contributed by atoms with Gasteiger partial charge in [0.15, 0.2) is 0 Å². The van der Waals surface area contributed by atoms with Crippen molar-refractivity contribution < 1.29 is 18.7 Å². The van der Waals surface area contributed by atoms with Crippen LogP contribution in [0, 0.1) is 0 Å². The Morgan fingerprint density at radius 2 is 1.52 bits per heavy atom. The summed E-state index contributed by atoms with van der Waals surface area (Å²) in [5.41, 5.74) is 1.56. The first-order valence-electron chi connectivity index (χ1n) is 8.65. The maximum absolute atomic E-state index is 12.9. The molecule has 0 bridgehead atoms. The molecule has 0 fully saturated rings. The molecule has 1 aromatic heterocycles. The van der Waals surface area contributed by atoms with Crippen LogP contribution in [0.3, 0.4) is 0 Å². The fourth-order valence-corrected chi connectivity index (χ4v) is 3.12. The fraction of sp³-hybridized carbons (Fsp3) is 0.143. The molecule has 6 nitrogen and oxygen atoms in total. The van der Waals surface area contributed by atoms with Gasteiger partial charge in [-0.2, -0.15) is 0 Å². The van der Waals surface area contributed by atoms with Crippen molar-refractivity contribution in [3.05, 3.63) is 83.8 Å². The van der Waals surface area contributed by atoms with Crippen LogP contribution < -0.4 is 15.4 Å². The Hall–Kier alpha value is -3.54. The zero-order chi connectivity index (χ0) is 18.6. The van der Waals surface area contributed by atoms with Gasteiger partial charge in [-0.3, -0.25) is 9.59 Å². The highest BCUT2D eigenvalue weighted by molar-refractivity contribution is 5.92. The lowest BCUT2D eigenvalue weighted by Crippen LogP contribution is -2.39. The predicted octanol–water partition coefficient (Wildman–Crippen LogP) is 2.95. The van der Waals surface area contributed by atoms with Crippen LogP contribution in [-0.2, 0) is 16.1 Å². The summed E-state index contributed by atoms with van der Waals surface area (Å²) >= 11 is 0. The van der Waals surface area contributed by atoms with Crippen LogP contribution in [0.4, 0.5) is 0 Å². The van der Waals surface area contributed by atoms with Gasteiger partial charge in [0.25, 0.3) is 0 Å². The van der Waals surface area contributed by atoms with Gasteiger partial charge in [0.2, 0.25) is 11.8 Å². The summed E-state index contributed by atoms with van der Waals surface area (Å²) in [6.45, 7) is 0.172. The predicted molar refractivity (Wildman–Crippen MR) is 98.4 cm³/mol. The van der Waals surface area contributed by atoms with E-state index in [0.29, 0.717) is 17.3 Å². The van der Waals surface area contributed by atoms with Crippen molar-refractivity contribution in [3.8, 4) is 11.5 Å². The molecular formula is C21H18N2O4. The van der Waals surface area contributed by atoms with E-state index in [4.69, 9.17) is 9.15 Å². The molecule has 27 heavy (non-hydrogen) atoms.